The zero-order valence-corrected chi connectivity index (χ0v) is 19.8. The maximum atomic E-state index is 13.4. The number of carbonyl (C=O) groups excluding carboxylic acids is 2. The van der Waals surface area contributed by atoms with E-state index in [9.17, 15) is 9.59 Å². The summed E-state index contributed by atoms with van der Waals surface area (Å²) in [6.45, 7) is 9.08. The van der Waals surface area contributed by atoms with Gasteiger partial charge in [0.25, 0.3) is 5.91 Å². The molecule has 2 amide bonds. The summed E-state index contributed by atoms with van der Waals surface area (Å²) in [7, 11) is 0. The second-order valence-electron chi connectivity index (χ2n) is 9.16. The van der Waals surface area contributed by atoms with Crippen LogP contribution in [0.25, 0.3) is 0 Å². The summed E-state index contributed by atoms with van der Waals surface area (Å²) in [5, 5.41) is 2.99. The Hall–Kier alpha value is -2.67. The van der Waals surface area contributed by atoms with Gasteiger partial charge in [-0.2, -0.15) is 0 Å². The van der Waals surface area contributed by atoms with Crippen LogP contribution < -0.4 is 14.8 Å². The fraction of sp³-hybridized carbons (Fsp3) is 0.440. The Morgan fingerprint density at radius 3 is 2.50 bits per heavy atom. The molecule has 1 fully saturated rings. The molecule has 6 nitrogen and oxygen atoms in total. The molecule has 1 saturated heterocycles. The van der Waals surface area contributed by atoms with E-state index >= 15 is 0 Å². The molecule has 7 heteroatoms. The molecule has 2 unspecified atom stereocenters. The number of hydrogen-bond acceptors (Lipinski definition) is 5. The SMILES string of the molecule is CCC1SCC(C(=O)NCc2ccc3c(c2)OCO3)N1C(=O)c1ccc(C(C)(C)C)cc1. The summed E-state index contributed by atoms with van der Waals surface area (Å²) in [5.41, 5.74) is 2.74. The monoisotopic (exact) mass is 454 g/mol. The number of rotatable bonds is 5. The molecule has 4 rings (SSSR count). The van der Waals surface area contributed by atoms with Gasteiger partial charge < -0.3 is 19.7 Å². The first-order valence-electron chi connectivity index (χ1n) is 11.0. The highest BCUT2D eigenvalue weighted by molar-refractivity contribution is 8.00. The Morgan fingerprint density at radius 1 is 1.09 bits per heavy atom. The lowest BCUT2D eigenvalue weighted by molar-refractivity contribution is -0.125. The smallest absolute Gasteiger partial charge is 0.255 e. The molecule has 2 atom stereocenters. The summed E-state index contributed by atoms with van der Waals surface area (Å²) in [6, 6.07) is 12.9. The molecular formula is C25H30N2O4S. The van der Waals surface area contributed by atoms with Gasteiger partial charge in [0.2, 0.25) is 12.7 Å². The fourth-order valence-corrected chi connectivity index (χ4v) is 5.33. The van der Waals surface area contributed by atoms with Gasteiger partial charge in [-0.05, 0) is 47.2 Å². The number of thioether (sulfide) groups is 1. The molecule has 0 aliphatic carbocycles. The highest BCUT2D eigenvalue weighted by Crippen LogP contribution is 2.34. The highest BCUT2D eigenvalue weighted by atomic mass is 32.2. The van der Waals surface area contributed by atoms with Crippen molar-refractivity contribution in [3.05, 3.63) is 59.2 Å². The van der Waals surface area contributed by atoms with Gasteiger partial charge in [-0.15, -0.1) is 11.8 Å². The van der Waals surface area contributed by atoms with Crippen molar-refractivity contribution in [3.8, 4) is 11.5 Å². The molecule has 2 aliphatic heterocycles. The standard InChI is InChI=1S/C25H30N2O4S/c1-5-22-27(24(29)17-7-9-18(10-8-17)25(2,3)4)19(14-32-22)23(28)26-13-16-6-11-20-21(12-16)31-15-30-20/h6-12,19,22H,5,13-15H2,1-4H3,(H,26,28). The van der Waals surface area contributed by atoms with E-state index in [0.717, 1.165) is 12.0 Å². The molecule has 0 radical (unpaired) electrons. The second kappa shape index (κ2) is 9.06. The van der Waals surface area contributed by atoms with Crippen molar-refractivity contribution in [1.29, 1.82) is 0 Å². The number of hydrogen-bond donors (Lipinski definition) is 1. The van der Waals surface area contributed by atoms with E-state index in [-0.39, 0.29) is 29.4 Å². The number of benzene rings is 2. The molecule has 2 aromatic rings. The third-order valence-corrected chi connectivity index (χ3v) is 7.33. The van der Waals surface area contributed by atoms with Gasteiger partial charge in [-0.25, -0.2) is 0 Å². The fourth-order valence-electron chi connectivity index (χ4n) is 3.97. The van der Waals surface area contributed by atoms with E-state index in [1.165, 1.54) is 5.56 Å². The maximum absolute atomic E-state index is 13.4. The Labute approximate surface area is 193 Å². The van der Waals surface area contributed by atoms with Gasteiger partial charge in [-0.3, -0.25) is 9.59 Å². The van der Waals surface area contributed by atoms with Crippen LogP contribution in [0.3, 0.4) is 0 Å². The van der Waals surface area contributed by atoms with E-state index in [4.69, 9.17) is 9.47 Å². The maximum Gasteiger partial charge on any atom is 0.255 e. The topological polar surface area (TPSA) is 67.9 Å². The Bertz CT molecular complexity index is 1000. The minimum atomic E-state index is -0.492. The van der Waals surface area contributed by atoms with Gasteiger partial charge >= 0.3 is 0 Å². The highest BCUT2D eigenvalue weighted by Gasteiger charge is 2.41. The predicted octanol–water partition coefficient (Wildman–Crippen LogP) is 4.32. The Balaban J connectivity index is 1.46. The number of ether oxygens (including phenoxy) is 2. The molecule has 2 heterocycles. The van der Waals surface area contributed by atoms with Crippen LogP contribution in [0.4, 0.5) is 0 Å². The van der Waals surface area contributed by atoms with Crippen LogP contribution >= 0.6 is 11.8 Å². The second-order valence-corrected chi connectivity index (χ2v) is 10.4. The lowest BCUT2D eigenvalue weighted by Gasteiger charge is -2.28. The van der Waals surface area contributed by atoms with E-state index in [1.54, 1.807) is 16.7 Å². The first-order chi connectivity index (χ1) is 15.3. The lowest BCUT2D eigenvalue weighted by Crippen LogP contribution is -2.49. The lowest BCUT2D eigenvalue weighted by atomic mass is 9.86. The van der Waals surface area contributed by atoms with Crippen LogP contribution in [0.1, 0.15) is 55.6 Å². The summed E-state index contributed by atoms with van der Waals surface area (Å²) in [6.07, 6.45) is 0.794. The number of amides is 2. The zero-order valence-electron chi connectivity index (χ0n) is 19.0. The largest absolute Gasteiger partial charge is 0.454 e. The molecule has 2 aromatic carbocycles. The van der Waals surface area contributed by atoms with Crippen LogP contribution in [0.5, 0.6) is 11.5 Å². The average molecular weight is 455 g/mol. The number of carbonyl (C=O) groups is 2. The van der Waals surface area contributed by atoms with Gasteiger partial charge in [0.05, 0.1) is 5.37 Å². The van der Waals surface area contributed by atoms with Gasteiger partial charge in [0.1, 0.15) is 6.04 Å². The van der Waals surface area contributed by atoms with Crippen molar-refractivity contribution in [2.75, 3.05) is 12.5 Å². The van der Waals surface area contributed by atoms with Crippen LogP contribution in [-0.2, 0) is 16.8 Å². The summed E-state index contributed by atoms with van der Waals surface area (Å²) in [5.74, 6) is 1.77. The molecule has 0 bridgehead atoms. The summed E-state index contributed by atoms with van der Waals surface area (Å²) >= 11 is 1.66. The minimum absolute atomic E-state index is 0.00825. The Morgan fingerprint density at radius 2 is 1.81 bits per heavy atom. The normalized spacial score (nSPS) is 19.8. The number of nitrogens with one attached hydrogen (secondary N) is 1. The molecular weight excluding hydrogens is 424 g/mol. The molecule has 32 heavy (non-hydrogen) atoms. The molecule has 0 spiro atoms. The van der Waals surface area contributed by atoms with E-state index in [1.807, 2.05) is 49.4 Å². The average Bonchev–Trinajstić information content (AvgIpc) is 3.42. The van der Waals surface area contributed by atoms with Gasteiger partial charge in [0, 0.05) is 17.9 Å². The van der Waals surface area contributed by atoms with Crippen LogP contribution in [-0.4, -0.2) is 40.7 Å². The van der Waals surface area contributed by atoms with Gasteiger partial charge in [-0.1, -0.05) is 45.9 Å². The first-order valence-corrected chi connectivity index (χ1v) is 12.0. The van der Waals surface area contributed by atoms with Crippen molar-refractivity contribution >= 4 is 23.6 Å². The van der Waals surface area contributed by atoms with Crippen molar-refractivity contribution in [2.45, 2.75) is 57.5 Å². The van der Waals surface area contributed by atoms with Crippen molar-refractivity contribution in [3.63, 3.8) is 0 Å². The third-order valence-electron chi connectivity index (χ3n) is 5.88. The van der Waals surface area contributed by atoms with E-state index < -0.39 is 6.04 Å². The first kappa shape index (κ1) is 22.5. The predicted molar refractivity (Wildman–Crippen MR) is 126 cm³/mol. The third kappa shape index (κ3) is 4.58. The van der Waals surface area contributed by atoms with Crippen LogP contribution in [0.2, 0.25) is 0 Å². The quantitative estimate of drug-likeness (QED) is 0.729. The Kier molecular flexibility index (Phi) is 6.38. The zero-order chi connectivity index (χ0) is 22.9. The van der Waals surface area contributed by atoms with E-state index in [2.05, 4.69) is 26.1 Å². The number of nitrogens with zero attached hydrogens (tertiary/aromatic N) is 1. The molecule has 1 N–H and O–H groups in total. The van der Waals surface area contributed by atoms with Crippen LogP contribution in [0.15, 0.2) is 42.5 Å². The molecule has 170 valence electrons. The van der Waals surface area contributed by atoms with Crippen LogP contribution in [0, 0.1) is 0 Å². The minimum Gasteiger partial charge on any atom is -0.454 e. The molecule has 2 aliphatic rings. The summed E-state index contributed by atoms with van der Waals surface area (Å²) < 4.78 is 10.7. The van der Waals surface area contributed by atoms with Crippen molar-refractivity contribution in [2.24, 2.45) is 0 Å². The number of fused-ring (bicyclic) bond motifs is 1. The van der Waals surface area contributed by atoms with Crippen molar-refractivity contribution < 1.29 is 19.1 Å². The van der Waals surface area contributed by atoms with Crippen molar-refractivity contribution in [1.82, 2.24) is 10.2 Å². The molecule has 0 aromatic heterocycles. The van der Waals surface area contributed by atoms with E-state index in [0.29, 0.717) is 29.4 Å². The molecule has 0 saturated carbocycles. The van der Waals surface area contributed by atoms with Gasteiger partial charge in [0.15, 0.2) is 11.5 Å². The summed E-state index contributed by atoms with van der Waals surface area (Å²) in [4.78, 5) is 28.2.